The average molecular weight is 529 g/mol. The van der Waals surface area contributed by atoms with Crippen LogP contribution in [-0.4, -0.2) is 69.2 Å². The number of nitrogens with zero attached hydrogens (tertiary/aromatic N) is 4. The smallest absolute Gasteiger partial charge is 0.478 e. The van der Waals surface area contributed by atoms with Crippen molar-refractivity contribution in [2.45, 2.75) is 6.18 Å². The predicted molar refractivity (Wildman–Crippen MR) is 132 cm³/mol. The van der Waals surface area contributed by atoms with Crippen LogP contribution in [0, 0.1) is 0 Å². The number of carboxylic acid groups (broad SMARTS) is 2. The number of hydrogen-bond acceptors (Lipinski definition) is 7. The highest BCUT2D eigenvalue weighted by Crippen LogP contribution is 2.24. The molecule has 38 heavy (non-hydrogen) atoms. The molecule has 0 atom stereocenters. The van der Waals surface area contributed by atoms with E-state index in [1.807, 2.05) is 24.3 Å². The van der Waals surface area contributed by atoms with Crippen molar-refractivity contribution in [1.29, 1.82) is 0 Å². The zero-order chi connectivity index (χ0) is 27.3. The van der Waals surface area contributed by atoms with Gasteiger partial charge in [0.15, 0.2) is 0 Å². The first kappa shape index (κ1) is 26.4. The Morgan fingerprint density at radius 2 is 1.55 bits per heavy atom. The van der Waals surface area contributed by atoms with Crippen molar-refractivity contribution in [1.82, 2.24) is 14.6 Å². The van der Waals surface area contributed by atoms with Crippen molar-refractivity contribution in [3.05, 3.63) is 72.4 Å². The molecule has 13 heteroatoms. The van der Waals surface area contributed by atoms with Crippen LogP contribution in [0.25, 0.3) is 16.8 Å². The molecular weight excluding hydrogens is 507 g/mol. The lowest BCUT2D eigenvalue weighted by Crippen LogP contribution is -2.36. The van der Waals surface area contributed by atoms with Crippen molar-refractivity contribution < 1.29 is 37.7 Å². The van der Waals surface area contributed by atoms with E-state index in [-0.39, 0.29) is 5.56 Å². The fourth-order valence-corrected chi connectivity index (χ4v) is 3.67. The summed E-state index contributed by atoms with van der Waals surface area (Å²) in [6.45, 7) is 3.31. The Morgan fingerprint density at radius 1 is 0.921 bits per heavy atom. The van der Waals surface area contributed by atoms with E-state index >= 15 is 0 Å². The molecule has 1 aliphatic heterocycles. The van der Waals surface area contributed by atoms with Crippen molar-refractivity contribution >= 4 is 34.8 Å². The lowest BCUT2D eigenvalue weighted by molar-refractivity contribution is -0.192. The quantitative estimate of drug-likeness (QED) is 0.346. The molecule has 198 valence electrons. The van der Waals surface area contributed by atoms with E-state index in [1.54, 1.807) is 35.0 Å². The van der Waals surface area contributed by atoms with Gasteiger partial charge in [-0.05, 0) is 48.5 Å². The zero-order valence-electron chi connectivity index (χ0n) is 19.7. The summed E-state index contributed by atoms with van der Waals surface area (Å²) in [7, 11) is 0. The highest BCUT2D eigenvalue weighted by atomic mass is 19.4. The Balaban J connectivity index is 0.000000426. The van der Waals surface area contributed by atoms with Crippen molar-refractivity contribution in [3.63, 3.8) is 0 Å². The number of benzene rings is 2. The summed E-state index contributed by atoms with van der Waals surface area (Å²) in [5, 5.41) is 24.1. The standard InChI is InChI=1S/C23H21N5O3.C2HF3O2/c29-22(30)17-3-1-16(2-4-17)21-10-9-20-15-24-23(26-28(20)21)25-18-5-7-19(8-6-18)27-11-13-31-14-12-27;3-2(4,5)1(6)7/h1-10,15H,11-14H2,(H,25,26)(H,29,30);(H,6,7). The fraction of sp³-hybridized carbons (Fsp3) is 0.200. The second-order valence-corrected chi connectivity index (χ2v) is 8.09. The van der Waals surface area contributed by atoms with Gasteiger partial charge >= 0.3 is 18.1 Å². The monoisotopic (exact) mass is 529 g/mol. The molecule has 2 aromatic heterocycles. The molecule has 0 spiro atoms. The van der Waals surface area contributed by atoms with Gasteiger partial charge in [0.1, 0.15) is 0 Å². The van der Waals surface area contributed by atoms with Gasteiger partial charge in [0.2, 0.25) is 5.95 Å². The molecule has 3 heterocycles. The number of alkyl halides is 3. The van der Waals surface area contributed by atoms with E-state index in [2.05, 4.69) is 32.4 Å². The van der Waals surface area contributed by atoms with Crippen LogP contribution < -0.4 is 10.2 Å². The number of aromatic nitrogens is 3. The molecule has 1 saturated heterocycles. The Morgan fingerprint density at radius 3 is 2.13 bits per heavy atom. The molecule has 1 aliphatic rings. The minimum absolute atomic E-state index is 0.252. The third-order valence-electron chi connectivity index (χ3n) is 5.57. The van der Waals surface area contributed by atoms with E-state index < -0.39 is 18.1 Å². The van der Waals surface area contributed by atoms with E-state index in [1.165, 1.54) is 5.69 Å². The Hall–Kier alpha value is -4.65. The maximum atomic E-state index is 11.1. The summed E-state index contributed by atoms with van der Waals surface area (Å²) in [5.41, 5.74) is 4.91. The fourth-order valence-electron chi connectivity index (χ4n) is 3.67. The van der Waals surface area contributed by atoms with Crippen LogP contribution in [0.1, 0.15) is 10.4 Å². The molecule has 5 rings (SSSR count). The average Bonchev–Trinajstić information content (AvgIpc) is 3.33. The first-order valence-corrected chi connectivity index (χ1v) is 11.3. The third kappa shape index (κ3) is 6.37. The molecule has 2 aromatic carbocycles. The predicted octanol–water partition coefficient (Wildman–Crippen LogP) is 4.31. The van der Waals surface area contributed by atoms with Gasteiger partial charge in [-0.25, -0.2) is 19.1 Å². The number of morpholine rings is 1. The van der Waals surface area contributed by atoms with Crippen LogP contribution in [0.4, 0.5) is 30.5 Å². The second-order valence-electron chi connectivity index (χ2n) is 8.09. The van der Waals surface area contributed by atoms with Gasteiger partial charge in [0, 0.05) is 30.0 Å². The van der Waals surface area contributed by atoms with Crippen LogP contribution in [0.3, 0.4) is 0 Å². The maximum Gasteiger partial charge on any atom is 0.490 e. The molecule has 4 aromatic rings. The summed E-state index contributed by atoms with van der Waals surface area (Å²) < 4.78 is 38.9. The number of rotatable bonds is 5. The van der Waals surface area contributed by atoms with E-state index in [4.69, 9.17) is 19.7 Å². The van der Waals surface area contributed by atoms with Gasteiger partial charge in [-0.2, -0.15) is 13.2 Å². The molecule has 0 amide bonds. The molecule has 0 bridgehead atoms. The minimum atomic E-state index is -5.08. The SMILES string of the molecule is O=C(O)C(F)(F)F.O=C(O)c1ccc(-c2ccc3cnc(Nc4ccc(N5CCOCC5)cc4)nn23)cc1. The molecule has 0 aliphatic carbocycles. The van der Waals surface area contributed by atoms with Crippen molar-refractivity contribution in [3.8, 4) is 11.3 Å². The van der Waals surface area contributed by atoms with E-state index in [0.29, 0.717) is 5.95 Å². The van der Waals surface area contributed by atoms with Gasteiger partial charge in [0.25, 0.3) is 0 Å². The highest BCUT2D eigenvalue weighted by molar-refractivity contribution is 5.88. The minimum Gasteiger partial charge on any atom is -0.478 e. The summed E-state index contributed by atoms with van der Waals surface area (Å²) in [6.07, 6.45) is -3.33. The summed E-state index contributed by atoms with van der Waals surface area (Å²) in [5.74, 6) is -3.22. The van der Waals surface area contributed by atoms with E-state index in [0.717, 1.165) is 48.8 Å². The number of halogens is 3. The van der Waals surface area contributed by atoms with Gasteiger partial charge in [0.05, 0.1) is 36.2 Å². The number of aliphatic carboxylic acids is 1. The van der Waals surface area contributed by atoms with Crippen LogP contribution in [-0.2, 0) is 9.53 Å². The molecular formula is C25H22F3N5O5. The highest BCUT2D eigenvalue weighted by Gasteiger charge is 2.38. The van der Waals surface area contributed by atoms with E-state index in [9.17, 15) is 18.0 Å². The lowest BCUT2D eigenvalue weighted by atomic mass is 10.1. The Bertz CT molecular complexity index is 1420. The summed E-state index contributed by atoms with van der Waals surface area (Å²) >= 11 is 0. The van der Waals surface area contributed by atoms with Gasteiger partial charge in [-0.3, -0.25) is 0 Å². The lowest BCUT2D eigenvalue weighted by Gasteiger charge is -2.28. The number of ether oxygens (including phenoxy) is 1. The Labute approximate surface area is 213 Å². The topological polar surface area (TPSA) is 129 Å². The maximum absolute atomic E-state index is 11.1. The first-order chi connectivity index (χ1) is 18.1. The number of carbonyl (C=O) groups is 2. The van der Waals surface area contributed by atoms with Crippen LogP contribution in [0.2, 0.25) is 0 Å². The largest absolute Gasteiger partial charge is 0.490 e. The molecule has 0 saturated carbocycles. The normalized spacial score (nSPS) is 13.5. The molecule has 0 unspecified atom stereocenters. The number of aromatic carboxylic acids is 1. The number of nitrogens with one attached hydrogen (secondary N) is 1. The number of carboxylic acids is 2. The first-order valence-electron chi connectivity index (χ1n) is 11.3. The van der Waals surface area contributed by atoms with Crippen LogP contribution in [0.5, 0.6) is 0 Å². The Kier molecular flexibility index (Phi) is 7.76. The van der Waals surface area contributed by atoms with Crippen molar-refractivity contribution in [2.24, 2.45) is 0 Å². The van der Waals surface area contributed by atoms with Gasteiger partial charge in [-0.15, -0.1) is 5.10 Å². The van der Waals surface area contributed by atoms with Crippen LogP contribution >= 0.6 is 0 Å². The third-order valence-corrected chi connectivity index (χ3v) is 5.57. The molecule has 3 N–H and O–H groups in total. The van der Waals surface area contributed by atoms with Crippen molar-refractivity contribution in [2.75, 3.05) is 36.5 Å². The number of anilines is 3. The molecule has 0 radical (unpaired) electrons. The number of hydrogen-bond donors (Lipinski definition) is 3. The summed E-state index contributed by atoms with van der Waals surface area (Å²) in [6, 6.07) is 18.8. The second kappa shape index (κ2) is 11.2. The number of fused-ring (bicyclic) bond motifs is 1. The van der Waals surface area contributed by atoms with Gasteiger partial charge < -0.3 is 25.2 Å². The molecule has 1 fully saturated rings. The van der Waals surface area contributed by atoms with Gasteiger partial charge in [-0.1, -0.05) is 12.1 Å². The zero-order valence-corrected chi connectivity index (χ0v) is 19.7. The molecule has 10 nitrogen and oxygen atoms in total. The van der Waals surface area contributed by atoms with Crippen LogP contribution in [0.15, 0.2) is 66.9 Å². The summed E-state index contributed by atoms with van der Waals surface area (Å²) in [4.78, 5) is 26.7.